The number of thiophene rings is 1. The van der Waals surface area contributed by atoms with E-state index in [1.165, 1.54) is 23.1 Å². The van der Waals surface area contributed by atoms with Gasteiger partial charge in [0.25, 0.3) is 0 Å². The summed E-state index contributed by atoms with van der Waals surface area (Å²) in [7, 11) is 0. The number of carbonyl (C=O) groups excluding carboxylic acids is 1. The molecule has 0 fully saturated rings. The van der Waals surface area contributed by atoms with E-state index in [1.807, 2.05) is 18.4 Å². The van der Waals surface area contributed by atoms with Crippen molar-refractivity contribution in [1.82, 2.24) is 5.32 Å². The van der Waals surface area contributed by atoms with Crippen LogP contribution >= 0.6 is 46.5 Å². The van der Waals surface area contributed by atoms with Crippen LogP contribution in [0.5, 0.6) is 0 Å². The highest BCUT2D eigenvalue weighted by Crippen LogP contribution is 2.24. The zero-order valence-electron chi connectivity index (χ0n) is 10.9. The lowest BCUT2D eigenvalue weighted by atomic mass is 10.2. The molecule has 0 radical (unpaired) electrons. The van der Waals surface area contributed by atoms with Crippen LogP contribution in [0.2, 0.25) is 4.34 Å². The number of hydrogen-bond acceptors (Lipinski definition) is 5. The number of aliphatic carboxylic acids is 1. The van der Waals surface area contributed by atoms with E-state index in [4.69, 9.17) is 16.7 Å². The van der Waals surface area contributed by atoms with Crippen LogP contribution in [-0.4, -0.2) is 40.8 Å². The first kappa shape index (κ1) is 17.7. The fraction of sp³-hybridized carbons (Fsp3) is 0.500. The molecule has 0 aromatic carbocycles. The van der Waals surface area contributed by atoms with Crippen molar-refractivity contribution in [3.05, 3.63) is 21.3 Å². The van der Waals surface area contributed by atoms with Crippen molar-refractivity contribution in [2.75, 3.05) is 17.8 Å². The summed E-state index contributed by atoms with van der Waals surface area (Å²) in [5.74, 6) is 0.429. The lowest BCUT2D eigenvalue weighted by molar-refractivity contribution is -0.141. The van der Waals surface area contributed by atoms with Gasteiger partial charge in [-0.05, 0) is 30.6 Å². The van der Waals surface area contributed by atoms with Crippen LogP contribution in [0.25, 0.3) is 0 Å². The third-order valence-electron chi connectivity index (χ3n) is 2.35. The fourth-order valence-corrected chi connectivity index (χ4v) is 3.91. The van der Waals surface area contributed by atoms with Crippen LogP contribution in [-0.2, 0) is 15.3 Å². The van der Waals surface area contributed by atoms with Gasteiger partial charge in [0.1, 0.15) is 6.04 Å². The molecule has 0 unspecified atom stereocenters. The van der Waals surface area contributed by atoms with Gasteiger partial charge >= 0.3 is 5.97 Å². The van der Waals surface area contributed by atoms with E-state index < -0.39 is 12.0 Å². The molecule has 0 aliphatic rings. The van der Waals surface area contributed by atoms with Crippen molar-refractivity contribution in [3.8, 4) is 0 Å². The van der Waals surface area contributed by atoms with Crippen molar-refractivity contribution in [3.63, 3.8) is 0 Å². The molecule has 1 aromatic heterocycles. The maximum absolute atomic E-state index is 11.7. The molecule has 2 N–H and O–H groups in total. The fourth-order valence-electron chi connectivity index (χ4n) is 1.40. The van der Waals surface area contributed by atoms with Crippen molar-refractivity contribution in [2.45, 2.75) is 18.2 Å². The Morgan fingerprint density at radius 3 is 2.80 bits per heavy atom. The van der Waals surface area contributed by atoms with Gasteiger partial charge in [0.15, 0.2) is 0 Å². The molecule has 0 aliphatic heterocycles. The summed E-state index contributed by atoms with van der Waals surface area (Å²) in [4.78, 5) is 23.8. The van der Waals surface area contributed by atoms with E-state index in [0.29, 0.717) is 17.9 Å². The minimum Gasteiger partial charge on any atom is -0.480 e. The van der Waals surface area contributed by atoms with E-state index in [-0.39, 0.29) is 11.7 Å². The van der Waals surface area contributed by atoms with Gasteiger partial charge in [-0.15, -0.1) is 23.1 Å². The molecule has 1 atom stereocenters. The van der Waals surface area contributed by atoms with Crippen LogP contribution in [0.1, 0.15) is 11.3 Å². The van der Waals surface area contributed by atoms with Crippen LogP contribution in [0.4, 0.5) is 0 Å². The smallest absolute Gasteiger partial charge is 0.326 e. The molecule has 0 aliphatic carbocycles. The Kier molecular flexibility index (Phi) is 8.44. The predicted molar refractivity (Wildman–Crippen MR) is 88.1 cm³/mol. The summed E-state index contributed by atoms with van der Waals surface area (Å²) in [6, 6.07) is 2.95. The number of thioether (sulfide) groups is 2. The molecule has 0 saturated carbocycles. The number of nitrogens with one attached hydrogen (secondary N) is 1. The molecule has 0 bridgehead atoms. The van der Waals surface area contributed by atoms with Gasteiger partial charge in [-0.1, -0.05) is 11.6 Å². The number of halogens is 1. The number of carboxylic acids is 1. The molecule has 4 nitrogen and oxygen atoms in total. The summed E-state index contributed by atoms with van der Waals surface area (Å²) in [5, 5.41) is 11.6. The van der Waals surface area contributed by atoms with Gasteiger partial charge in [-0.25, -0.2) is 4.79 Å². The Morgan fingerprint density at radius 1 is 1.50 bits per heavy atom. The van der Waals surface area contributed by atoms with Gasteiger partial charge in [0.2, 0.25) is 5.91 Å². The summed E-state index contributed by atoms with van der Waals surface area (Å²) < 4.78 is 0.730. The average molecular weight is 354 g/mol. The second-order valence-electron chi connectivity index (χ2n) is 3.94. The zero-order chi connectivity index (χ0) is 15.0. The zero-order valence-corrected chi connectivity index (χ0v) is 14.1. The standard InChI is InChI=1S/C12H16ClNO3S3/c1-18-5-4-9(12(16)17)14-11(15)7-19-6-8-2-3-10(13)20-8/h2-3,9H,4-7H2,1H3,(H,14,15)(H,16,17)/t9-/m0/s1. The molecular weight excluding hydrogens is 338 g/mol. The first-order chi connectivity index (χ1) is 9.52. The van der Waals surface area contributed by atoms with Crippen molar-refractivity contribution in [2.24, 2.45) is 0 Å². The monoisotopic (exact) mass is 353 g/mol. The van der Waals surface area contributed by atoms with E-state index in [0.717, 1.165) is 9.21 Å². The summed E-state index contributed by atoms with van der Waals surface area (Å²) in [5.41, 5.74) is 0. The quantitative estimate of drug-likeness (QED) is 0.714. The minimum absolute atomic E-state index is 0.244. The van der Waals surface area contributed by atoms with Crippen molar-refractivity contribution < 1.29 is 14.7 Å². The largest absolute Gasteiger partial charge is 0.480 e. The number of carboxylic acid groups (broad SMARTS) is 1. The third kappa shape index (κ3) is 6.88. The summed E-state index contributed by atoms with van der Waals surface area (Å²) >= 11 is 10.3. The van der Waals surface area contributed by atoms with E-state index in [9.17, 15) is 9.59 Å². The van der Waals surface area contributed by atoms with Crippen LogP contribution in [0.15, 0.2) is 12.1 Å². The number of amides is 1. The Labute approximate surface area is 135 Å². The SMILES string of the molecule is CSCC[C@H](NC(=O)CSCc1ccc(Cl)s1)C(=O)O. The van der Waals surface area contributed by atoms with Crippen LogP contribution in [0, 0.1) is 0 Å². The number of hydrogen-bond donors (Lipinski definition) is 2. The first-order valence-electron chi connectivity index (χ1n) is 5.86. The summed E-state index contributed by atoms with van der Waals surface area (Å²) in [6.07, 6.45) is 2.34. The predicted octanol–water partition coefficient (Wildman–Crippen LogP) is 2.96. The highest BCUT2D eigenvalue weighted by atomic mass is 35.5. The molecule has 0 spiro atoms. The average Bonchev–Trinajstić information content (AvgIpc) is 2.80. The molecule has 1 amide bonds. The first-order valence-corrected chi connectivity index (χ1v) is 9.60. The van der Waals surface area contributed by atoms with Crippen LogP contribution in [0.3, 0.4) is 0 Å². The molecule has 112 valence electrons. The van der Waals surface area contributed by atoms with Crippen molar-refractivity contribution >= 4 is 58.3 Å². The minimum atomic E-state index is -0.984. The molecule has 1 heterocycles. The van der Waals surface area contributed by atoms with Gasteiger partial charge in [0.05, 0.1) is 10.1 Å². The normalized spacial score (nSPS) is 12.1. The Hall–Kier alpha value is -0.370. The lowest BCUT2D eigenvalue weighted by Crippen LogP contribution is -2.42. The van der Waals surface area contributed by atoms with E-state index in [2.05, 4.69) is 5.32 Å². The second-order valence-corrected chi connectivity index (χ2v) is 7.71. The summed E-state index contributed by atoms with van der Waals surface area (Å²) in [6.45, 7) is 0. The molecular formula is C12H16ClNO3S3. The molecule has 0 saturated heterocycles. The van der Waals surface area contributed by atoms with E-state index >= 15 is 0 Å². The maximum atomic E-state index is 11.7. The van der Waals surface area contributed by atoms with Gasteiger partial charge in [-0.2, -0.15) is 11.8 Å². The molecule has 1 aromatic rings. The molecule has 1 rings (SSSR count). The topological polar surface area (TPSA) is 66.4 Å². The van der Waals surface area contributed by atoms with Crippen LogP contribution < -0.4 is 5.32 Å². The molecule has 20 heavy (non-hydrogen) atoms. The Balaban J connectivity index is 2.28. The Morgan fingerprint density at radius 2 is 2.25 bits per heavy atom. The Bertz CT molecular complexity index is 453. The number of carbonyl (C=O) groups is 2. The van der Waals surface area contributed by atoms with E-state index in [1.54, 1.807) is 11.8 Å². The van der Waals surface area contributed by atoms with Crippen molar-refractivity contribution in [1.29, 1.82) is 0 Å². The second kappa shape index (κ2) is 9.55. The maximum Gasteiger partial charge on any atom is 0.326 e. The highest BCUT2D eigenvalue weighted by Gasteiger charge is 2.19. The lowest BCUT2D eigenvalue weighted by Gasteiger charge is -2.13. The van der Waals surface area contributed by atoms with Gasteiger partial charge in [0, 0.05) is 10.6 Å². The number of rotatable bonds is 9. The van der Waals surface area contributed by atoms with Gasteiger partial charge in [-0.3, -0.25) is 4.79 Å². The highest BCUT2D eigenvalue weighted by molar-refractivity contribution is 7.99. The van der Waals surface area contributed by atoms with Gasteiger partial charge < -0.3 is 10.4 Å². The third-order valence-corrected chi connectivity index (χ3v) is 5.39. The molecule has 8 heteroatoms.